The Hall–Kier alpha value is -0.240. The van der Waals surface area contributed by atoms with Gasteiger partial charge in [-0.3, -0.25) is 0 Å². The fourth-order valence-electron chi connectivity index (χ4n) is 1.28. The van der Waals surface area contributed by atoms with Gasteiger partial charge in [0.25, 0.3) is 0 Å². The number of aliphatic hydroxyl groups is 1. The minimum Gasteiger partial charge on any atom is -0.388 e. The van der Waals surface area contributed by atoms with Crippen LogP contribution in [0.4, 0.5) is 0 Å². The molecule has 1 N–H and O–H groups in total. The summed E-state index contributed by atoms with van der Waals surface area (Å²) in [5.74, 6) is 0.660. The molecule has 0 radical (unpaired) electrons. The first-order chi connectivity index (χ1) is 6.74. The largest absolute Gasteiger partial charge is 0.388 e. The molecule has 0 aliphatic heterocycles. The summed E-state index contributed by atoms with van der Waals surface area (Å²) in [6.45, 7) is 0. The molecule has 1 unspecified atom stereocenters. The summed E-state index contributed by atoms with van der Waals surface area (Å²) in [6.07, 6.45) is 2.27. The van der Waals surface area contributed by atoms with Crippen molar-refractivity contribution in [2.75, 3.05) is 5.88 Å². The van der Waals surface area contributed by atoms with E-state index in [0.717, 1.165) is 24.8 Å². The first-order valence-electron chi connectivity index (χ1n) is 4.73. The summed E-state index contributed by atoms with van der Waals surface area (Å²) >= 11 is 11.3. The van der Waals surface area contributed by atoms with Crippen LogP contribution in [0, 0.1) is 0 Å². The molecule has 0 fully saturated rings. The third-order valence-electron chi connectivity index (χ3n) is 2.12. The van der Waals surface area contributed by atoms with Crippen molar-refractivity contribution in [3.63, 3.8) is 0 Å². The number of hydrogen-bond acceptors (Lipinski definition) is 1. The number of alkyl halides is 1. The normalized spacial score (nSPS) is 12.8. The molecule has 0 spiro atoms. The summed E-state index contributed by atoms with van der Waals surface area (Å²) in [5, 5.41) is 10.4. The van der Waals surface area contributed by atoms with Gasteiger partial charge < -0.3 is 5.11 Å². The third kappa shape index (κ3) is 3.87. The molecule has 1 aromatic rings. The fraction of sp³-hybridized carbons (Fsp3) is 0.455. The Kier molecular flexibility index (Phi) is 5.31. The Bertz CT molecular complexity index is 258. The van der Waals surface area contributed by atoms with Crippen LogP contribution in [0.3, 0.4) is 0 Å². The van der Waals surface area contributed by atoms with Crippen molar-refractivity contribution in [3.8, 4) is 0 Å². The molecule has 1 rings (SSSR count). The molecular formula is C11H14Cl2O. The first kappa shape index (κ1) is 11.8. The van der Waals surface area contributed by atoms with E-state index in [4.69, 9.17) is 23.2 Å². The number of halogens is 2. The number of unbranched alkanes of at least 4 members (excludes halogenated alkanes) is 1. The molecule has 3 heteroatoms. The van der Waals surface area contributed by atoms with Gasteiger partial charge >= 0.3 is 0 Å². The van der Waals surface area contributed by atoms with Gasteiger partial charge in [-0.25, -0.2) is 0 Å². The van der Waals surface area contributed by atoms with Crippen molar-refractivity contribution in [1.29, 1.82) is 0 Å². The number of rotatable bonds is 5. The van der Waals surface area contributed by atoms with E-state index in [2.05, 4.69) is 0 Å². The predicted octanol–water partition coefficient (Wildman–Crippen LogP) is 3.78. The molecule has 14 heavy (non-hydrogen) atoms. The van der Waals surface area contributed by atoms with Crippen LogP contribution < -0.4 is 0 Å². The van der Waals surface area contributed by atoms with Crippen molar-refractivity contribution < 1.29 is 5.11 Å². The zero-order valence-corrected chi connectivity index (χ0v) is 9.43. The molecule has 1 aromatic carbocycles. The van der Waals surface area contributed by atoms with Gasteiger partial charge in [0, 0.05) is 10.9 Å². The Morgan fingerprint density at radius 2 is 1.79 bits per heavy atom. The predicted molar refractivity (Wildman–Crippen MR) is 61.0 cm³/mol. The Labute approximate surface area is 94.7 Å². The average Bonchev–Trinajstić information content (AvgIpc) is 2.19. The fourth-order valence-corrected chi connectivity index (χ4v) is 1.60. The van der Waals surface area contributed by atoms with Gasteiger partial charge in [-0.2, -0.15) is 0 Å². The summed E-state index contributed by atoms with van der Waals surface area (Å²) in [6, 6.07) is 7.30. The second-order valence-corrected chi connectivity index (χ2v) is 4.07. The summed E-state index contributed by atoms with van der Waals surface area (Å²) in [7, 11) is 0. The van der Waals surface area contributed by atoms with Gasteiger partial charge in [0.1, 0.15) is 0 Å². The SMILES string of the molecule is OC(CCCCCl)c1ccc(Cl)cc1. The molecule has 0 aliphatic rings. The lowest BCUT2D eigenvalue weighted by Crippen LogP contribution is -1.97. The van der Waals surface area contributed by atoms with Crippen LogP contribution in [0.2, 0.25) is 5.02 Å². The van der Waals surface area contributed by atoms with Crippen molar-refractivity contribution >= 4 is 23.2 Å². The maximum Gasteiger partial charge on any atom is 0.0790 e. The molecule has 78 valence electrons. The van der Waals surface area contributed by atoms with Gasteiger partial charge in [0.15, 0.2) is 0 Å². The molecule has 0 heterocycles. The van der Waals surface area contributed by atoms with E-state index in [1.807, 2.05) is 12.1 Å². The van der Waals surface area contributed by atoms with E-state index >= 15 is 0 Å². The Morgan fingerprint density at radius 3 is 2.36 bits per heavy atom. The molecule has 0 saturated carbocycles. The second-order valence-electron chi connectivity index (χ2n) is 3.25. The first-order valence-corrected chi connectivity index (χ1v) is 5.65. The topological polar surface area (TPSA) is 20.2 Å². The van der Waals surface area contributed by atoms with Crippen LogP contribution in [0.25, 0.3) is 0 Å². The lowest BCUT2D eigenvalue weighted by atomic mass is 10.0. The van der Waals surface area contributed by atoms with Gasteiger partial charge in [-0.1, -0.05) is 23.7 Å². The lowest BCUT2D eigenvalue weighted by Gasteiger charge is -2.10. The van der Waals surface area contributed by atoms with E-state index < -0.39 is 6.10 Å². The third-order valence-corrected chi connectivity index (χ3v) is 2.64. The van der Waals surface area contributed by atoms with Gasteiger partial charge in [0.2, 0.25) is 0 Å². The Morgan fingerprint density at radius 1 is 1.14 bits per heavy atom. The minimum absolute atomic E-state index is 0.393. The lowest BCUT2D eigenvalue weighted by molar-refractivity contribution is 0.164. The highest BCUT2D eigenvalue weighted by Gasteiger charge is 2.06. The van der Waals surface area contributed by atoms with Crippen molar-refractivity contribution in [2.24, 2.45) is 0 Å². The van der Waals surface area contributed by atoms with Crippen molar-refractivity contribution in [1.82, 2.24) is 0 Å². The van der Waals surface area contributed by atoms with E-state index in [9.17, 15) is 5.11 Å². The number of benzene rings is 1. The molecule has 0 aliphatic carbocycles. The molecule has 1 atom stereocenters. The van der Waals surface area contributed by atoms with Crippen LogP contribution in [0.5, 0.6) is 0 Å². The average molecular weight is 233 g/mol. The smallest absolute Gasteiger partial charge is 0.0790 e. The molecule has 1 nitrogen and oxygen atoms in total. The highest BCUT2D eigenvalue weighted by molar-refractivity contribution is 6.30. The maximum absolute atomic E-state index is 9.75. The maximum atomic E-state index is 9.75. The highest BCUT2D eigenvalue weighted by atomic mass is 35.5. The molecular weight excluding hydrogens is 219 g/mol. The zero-order valence-electron chi connectivity index (χ0n) is 7.92. The van der Waals surface area contributed by atoms with Crippen LogP contribution >= 0.6 is 23.2 Å². The van der Waals surface area contributed by atoms with Crippen LogP contribution in [-0.2, 0) is 0 Å². The molecule has 0 aromatic heterocycles. The quantitative estimate of drug-likeness (QED) is 0.606. The molecule has 0 bridgehead atoms. The summed E-state index contributed by atoms with van der Waals surface area (Å²) < 4.78 is 0. The second kappa shape index (κ2) is 6.28. The van der Waals surface area contributed by atoms with E-state index in [1.54, 1.807) is 12.1 Å². The van der Waals surface area contributed by atoms with Gasteiger partial charge in [-0.15, -0.1) is 11.6 Å². The van der Waals surface area contributed by atoms with Crippen LogP contribution in [0.1, 0.15) is 30.9 Å². The highest BCUT2D eigenvalue weighted by Crippen LogP contribution is 2.20. The standard InChI is InChI=1S/C11H14Cl2O/c12-8-2-1-3-11(14)9-4-6-10(13)7-5-9/h4-7,11,14H,1-3,8H2. The van der Waals surface area contributed by atoms with E-state index in [1.165, 1.54) is 0 Å². The monoisotopic (exact) mass is 232 g/mol. The summed E-state index contributed by atoms with van der Waals surface area (Å²) in [5.41, 5.74) is 0.920. The van der Waals surface area contributed by atoms with Crippen molar-refractivity contribution in [2.45, 2.75) is 25.4 Å². The minimum atomic E-state index is -0.393. The zero-order chi connectivity index (χ0) is 10.4. The number of aliphatic hydroxyl groups excluding tert-OH is 1. The summed E-state index contributed by atoms with van der Waals surface area (Å²) in [4.78, 5) is 0. The Balaban J connectivity index is 2.43. The van der Waals surface area contributed by atoms with Gasteiger partial charge in [-0.05, 0) is 37.0 Å². The number of hydrogen-bond donors (Lipinski definition) is 1. The van der Waals surface area contributed by atoms with E-state index in [-0.39, 0.29) is 0 Å². The van der Waals surface area contributed by atoms with E-state index in [0.29, 0.717) is 10.9 Å². The van der Waals surface area contributed by atoms with Crippen LogP contribution in [-0.4, -0.2) is 11.0 Å². The molecule has 0 saturated heterocycles. The molecule has 0 amide bonds. The van der Waals surface area contributed by atoms with Crippen molar-refractivity contribution in [3.05, 3.63) is 34.9 Å². The van der Waals surface area contributed by atoms with Crippen LogP contribution in [0.15, 0.2) is 24.3 Å². The van der Waals surface area contributed by atoms with Gasteiger partial charge in [0.05, 0.1) is 6.10 Å².